The average molecular weight is 370 g/mol. The van der Waals surface area contributed by atoms with Crippen LogP contribution in [0.25, 0.3) is 0 Å². The molecule has 134 valence electrons. The van der Waals surface area contributed by atoms with Crippen molar-refractivity contribution in [3.05, 3.63) is 71.6 Å². The number of thioether (sulfide) groups is 1. The van der Waals surface area contributed by atoms with Crippen LogP contribution in [-0.4, -0.2) is 33.6 Å². The highest BCUT2D eigenvalue weighted by Crippen LogP contribution is 2.19. The second-order valence-electron chi connectivity index (χ2n) is 5.50. The molecule has 0 fully saturated rings. The van der Waals surface area contributed by atoms with Gasteiger partial charge in [-0.3, -0.25) is 0 Å². The number of carbonyl (C=O) groups is 1. The van der Waals surface area contributed by atoms with Crippen molar-refractivity contribution in [2.45, 2.75) is 18.1 Å². The lowest BCUT2D eigenvalue weighted by molar-refractivity contribution is 0.0697. The molecule has 0 amide bonds. The second kappa shape index (κ2) is 9.05. The van der Waals surface area contributed by atoms with E-state index >= 15 is 0 Å². The van der Waals surface area contributed by atoms with Gasteiger partial charge in [-0.25, -0.2) is 4.79 Å². The summed E-state index contributed by atoms with van der Waals surface area (Å²) in [7, 11) is 0. The van der Waals surface area contributed by atoms with E-state index < -0.39 is 5.97 Å². The third-order valence-electron chi connectivity index (χ3n) is 3.53. The Hall–Kier alpha value is -2.80. The van der Waals surface area contributed by atoms with E-state index in [-0.39, 0.29) is 5.56 Å². The molecule has 1 heterocycles. The van der Waals surface area contributed by atoms with Gasteiger partial charge in [-0.2, -0.15) is 0 Å². The normalized spacial score (nSPS) is 10.6. The number of carboxylic acids is 1. The predicted molar refractivity (Wildman–Crippen MR) is 97.8 cm³/mol. The van der Waals surface area contributed by atoms with E-state index in [9.17, 15) is 4.79 Å². The van der Waals surface area contributed by atoms with Crippen LogP contribution in [0.5, 0.6) is 5.75 Å². The lowest BCUT2D eigenvalue weighted by Crippen LogP contribution is -2.00. The molecule has 0 spiro atoms. The Morgan fingerprint density at radius 3 is 2.58 bits per heavy atom. The monoisotopic (exact) mass is 370 g/mol. The van der Waals surface area contributed by atoms with Gasteiger partial charge >= 0.3 is 5.97 Å². The molecule has 2 aromatic carbocycles. The van der Waals surface area contributed by atoms with Gasteiger partial charge in [0.25, 0.3) is 5.22 Å². The van der Waals surface area contributed by atoms with E-state index in [1.807, 2.05) is 30.3 Å². The quantitative estimate of drug-likeness (QED) is 0.451. The van der Waals surface area contributed by atoms with Crippen LogP contribution in [0.1, 0.15) is 28.2 Å². The van der Waals surface area contributed by atoms with Crippen LogP contribution in [-0.2, 0) is 6.42 Å². The Balaban J connectivity index is 1.37. The number of aromatic nitrogens is 2. The van der Waals surface area contributed by atoms with Gasteiger partial charge in [-0.1, -0.05) is 42.1 Å². The van der Waals surface area contributed by atoms with Gasteiger partial charge in [-0.15, -0.1) is 10.2 Å². The molecule has 0 radical (unpaired) electrons. The summed E-state index contributed by atoms with van der Waals surface area (Å²) in [5, 5.41) is 17.5. The van der Waals surface area contributed by atoms with Crippen molar-refractivity contribution in [2.75, 3.05) is 12.4 Å². The van der Waals surface area contributed by atoms with Gasteiger partial charge in [0.1, 0.15) is 5.75 Å². The highest BCUT2D eigenvalue weighted by Gasteiger charge is 2.07. The molecule has 0 aliphatic rings. The first-order valence-electron chi connectivity index (χ1n) is 8.16. The summed E-state index contributed by atoms with van der Waals surface area (Å²) < 4.78 is 11.2. The minimum Gasteiger partial charge on any atom is -0.494 e. The van der Waals surface area contributed by atoms with Crippen molar-refractivity contribution in [2.24, 2.45) is 0 Å². The highest BCUT2D eigenvalue weighted by molar-refractivity contribution is 7.99. The summed E-state index contributed by atoms with van der Waals surface area (Å²) in [4.78, 5) is 10.8. The molecule has 0 aliphatic heterocycles. The van der Waals surface area contributed by atoms with Crippen LogP contribution in [0, 0.1) is 0 Å². The zero-order valence-electron chi connectivity index (χ0n) is 14.0. The fourth-order valence-corrected chi connectivity index (χ4v) is 2.93. The topological polar surface area (TPSA) is 85.5 Å². The first-order chi connectivity index (χ1) is 12.7. The highest BCUT2D eigenvalue weighted by atomic mass is 32.2. The van der Waals surface area contributed by atoms with Gasteiger partial charge in [0.05, 0.1) is 18.6 Å². The van der Waals surface area contributed by atoms with Crippen molar-refractivity contribution in [1.29, 1.82) is 0 Å². The maximum absolute atomic E-state index is 10.8. The fourth-order valence-electron chi connectivity index (χ4n) is 2.24. The van der Waals surface area contributed by atoms with E-state index in [4.69, 9.17) is 14.3 Å². The summed E-state index contributed by atoms with van der Waals surface area (Å²) in [5.74, 6) is 1.11. The Morgan fingerprint density at radius 2 is 1.85 bits per heavy atom. The zero-order chi connectivity index (χ0) is 18.2. The van der Waals surface area contributed by atoms with E-state index in [2.05, 4.69) is 10.2 Å². The molecular weight excluding hydrogens is 352 g/mol. The fraction of sp³-hybridized carbons (Fsp3) is 0.211. The molecule has 6 nitrogen and oxygen atoms in total. The molecule has 26 heavy (non-hydrogen) atoms. The molecule has 0 unspecified atom stereocenters. The summed E-state index contributed by atoms with van der Waals surface area (Å²) in [6, 6.07) is 16.4. The lowest BCUT2D eigenvalue weighted by atomic mass is 10.2. The Labute approximate surface area is 155 Å². The van der Waals surface area contributed by atoms with Crippen molar-refractivity contribution >= 4 is 17.7 Å². The minimum absolute atomic E-state index is 0.246. The molecule has 0 saturated carbocycles. The van der Waals surface area contributed by atoms with Crippen molar-refractivity contribution < 1.29 is 19.1 Å². The molecule has 7 heteroatoms. The number of nitrogens with zero attached hydrogens (tertiary/aromatic N) is 2. The van der Waals surface area contributed by atoms with Crippen LogP contribution in [0.4, 0.5) is 0 Å². The van der Waals surface area contributed by atoms with Crippen molar-refractivity contribution in [1.82, 2.24) is 10.2 Å². The van der Waals surface area contributed by atoms with Crippen LogP contribution >= 0.6 is 11.8 Å². The smallest absolute Gasteiger partial charge is 0.335 e. The van der Waals surface area contributed by atoms with E-state index in [0.29, 0.717) is 29.9 Å². The zero-order valence-corrected chi connectivity index (χ0v) is 14.8. The average Bonchev–Trinajstić information content (AvgIpc) is 3.10. The number of rotatable bonds is 9. The first-order valence-corrected chi connectivity index (χ1v) is 9.14. The standard InChI is InChI=1S/C19H18N2O4S/c22-18(23)15-7-9-16(10-8-15)24-11-4-12-26-19-21-20-17(25-19)13-14-5-2-1-3-6-14/h1-3,5-10H,4,11-13H2,(H,22,23). The summed E-state index contributed by atoms with van der Waals surface area (Å²) in [6.07, 6.45) is 1.44. The number of ether oxygens (including phenoxy) is 1. The molecule has 1 aromatic heterocycles. The molecule has 0 bridgehead atoms. The van der Waals surface area contributed by atoms with Crippen LogP contribution < -0.4 is 4.74 Å². The lowest BCUT2D eigenvalue weighted by Gasteiger charge is -2.05. The summed E-state index contributed by atoms with van der Waals surface area (Å²) >= 11 is 1.50. The molecule has 3 aromatic rings. The largest absolute Gasteiger partial charge is 0.494 e. The van der Waals surface area contributed by atoms with Gasteiger partial charge in [0.15, 0.2) is 0 Å². The van der Waals surface area contributed by atoms with Gasteiger partial charge in [-0.05, 0) is 36.2 Å². The number of benzene rings is 2. The molecule has 0 aliphatic carbocycles. The number of aromatic carboxylic acids is 1. The molecule has 0 saturated heterocycles. The maximum Gasteiger partial charge on any atom is 0.335 e. The second-order valence-corrected chi connectivity index (χ2v) is 6.55. The van der Waals surface area contributed by atoms with E-state index in [1.54, 1.807) is 12.1 Å². The number of carboxylic acid groups (broad SMARTS) is 1. The Kier molecular flexibility index (Phi) is 6.27. The van der Waals surface area contributed by atoms with Crippen molar-refractivity contribution in [3.8, 4) is 5.75 Å². The summed E-state index contributed by atoms with van der Waals surface area (Å²) in [5.41, 5.74) is 1.38. The van der Waals surface area contributed by atoms with Crippen LogP contribution in [0.15, 0.2) is 64.2 Å². The molecule has 1 N–H and O–H groups in total. The van der Waals surface area contributed by atoms with Crippen molar-refractivity contribution in [3.63, 3.8) is 0 Å². The van der Waals surface area contributed by atoms with Crippen LogP contribution in [0.3, 0.4) is 0 Å². The maximum atomic E-state index is 10.8. The molecule has 0 atom stereocenters. The third kappa shape index (κ3) is 5.35. The van der Waals surface area contributed by atoms with Crippen LogP contribution in [0.2, 0.25) is 0 Å². The molecule has 3 rings (SSSR count). The molecular formula is C19H18N2O4S. The Morgan fingerprint density at radius 1 is 1.08 bits per heavy atom. The van der Waals surface area contributed by atoms with E-state index in [1.165, 1.54) is 23.9 Å². The third-order valence-corrected chi connectivity index (χ3v) is 4.44. The number of hydrogen-bond donors (Lipinski definition) is 1. The predicted octanol–water partition coefficient (Wildman–Crippen LogP) is 3.92. The van der Waals surface area contributed by atoms with Gasteiger partial charge in [0.2, 0.25) is 5.89 Å². The number of hydrogen-bond acceptors (Lipinski definition) is 6. The minimum atomic E-state index is -0.945. The van der Waals surface area contributed by atoms with Gasteiger partial charge in [0, 0.05) is 5.75 Å². The Bertz CT molecular complexity index is 834. The summed E-state index contributed by atoms with van der Waals surface area (Å²) in [6.45, 7) is 0.532. The SMILES string of the molecule is O=C(O)c1ccc(OCCCSc2nnc(Cc3ccccc3)o2)cc1. The van der Waals surface area contributed by atoms with E-state index in [0.717, 1.165) is 17.7 Å². The van der Waals surface area contributed by atoms with Gasteiger partial charge < -0.3 is 14.3 Å². The first kappa shape index (κ1) is 18.0.